The molecule has 0 atom stereocenters. The Hall–Kier alpha value is -0.950. The number of hydrogen-bond acceptors (Lipinski definition) is 3. The number of nitrogens with one attached hydrogen (secondary N) is 1. The maximum Gasteiger partial charge on any atom is 0.152 e. The Balaban J connectivity index is 2.43. The molecule has 0 aliphatic rings. The summed E-state index contributed by atoms with van der Waals surface area (Å²) >= 11 is 8.21. The highest BCUT2D eigenvalue weighted by Crippen LogP contribution is 2.31. The highest BCUT2D eigenvalue weighted by Gasteiger charge is 2.15. The largest absolute Gasteiger partial charge is 0.394 e. The summed E-state index contributed by atoms with van der Waals surface area (Å²) in [5.41, 5.74) is 8.58. The number of nitrogen functional groups attached to an aromatic ring is 1. The number of nitrogens with two attached hydrogens (primary N) is 1. The van der Waals surface area contributed by atoms with Crippen molar-refractivity contribution in [2.75, 3.05) is 11.1 Å². The van der Waals surface area contributed by atoms with Crippen LogP contribution in [0, 0.1) is 10.5 Å². The van der Waals surface area contributed by atoms with E-state index in [9.17, 15) is 0 Å². The van der Waals surface area contributed by atoms with Gasteiger partial charge in [0, 0.05) is 14.6 Å². The van der Waals surface area contributed by atoms with E-state index >= 15 is 0 Å². The van der Waals surface area contributed by atoms with E-state index in [1.54, 1.807) is 0 Å². The molecule has 0 aliphatic heterocycles. The quantitative estimate of drug-likeness (QED) is 0.766. The zero-order chi connectivity index (χ0) is 14.2. The fourth-order valence-corrected chi connectivity index (χ4v) is 2.78. The minimum atomic E-state index is 0.239. The first-order valence-corrected chi connectivity index (χ1v) is 7.42. The van der Waals surface area contributed by atoms with E-state index in [2.05, 4.69) is 46.9 Å². The molecule has 2 rings (SSSR count). The number of anilines is 3. The normalized spacial score (nSPS) is 11.1. The molecule has 0 saturated carbocycles. The first kappa shape index (κ1) is 14.5. The topological polar surface area (TPSA) is 55.9 Å². The molecule has 2 aromatic rings. The summed E-state index contributed by atoms with van der Waals surface area (Å²) in [6.45, 7) is 6.06. The van der Waals surface area contributed by atoms with Crippen LogP contribution in [-0.2, 0) is 0 Å². The summed E-state index contributed by atoms with van der Waals surface area (Å²) in [7, 11) is 0. The number of benzene rings is 1. The van der Waals surface area contributed by atoms with Gasteiger partial charge >= 0.3 is 0 Å². The van der Waals surface area contributed by atoms with E-state index in [0.717, 1.165) is 25.8 Å². The van der Waals surface area contributed by atoms with Crippen LogP contribution in [0.1, 0.15) is 25.6 Å². The number of halogens is 2. The molecule has 102 valence electrons. The molecule has 1 aromatic heterocycles. The third-order valence-corrected chi connectivity index (χ3v) is 3.93. The summed E-state index contributed by atoms with van der Waals surface area (Å²) < 4.78 is 2.94. The molecular weight excluding hydrogens is 375 g/mol. The fourth-order valence-electron chi connectivity index (χ4n) is 1.78. The molecular formula is C13H16ClIN4. The molecule has 1 heterocycles. The first-order valence-electron chi connectivity index (χ1n) is 5.96. The minimum Gasteiger partial charge on any atom is -0.394 e. The zero-order valence-corrected chi connectivity index (χ0v) is 14.0. The second-order valence-electron chi connectivity index (χ2n) is 4.64. The molecule has 19 heavy (non-hydrogen) atoms. The van der Waals surface area contributed by atoms with Gasteiger partial charge in [0.25, 0.3) is 0 Å². The third kappa shape index (κ3) is 2.97. The standard InChI is InChI=1S/C13H16ClIN4/c1-7(2)19-13(12(16)8(3)18-19)17-11-5-4-9(14)6-10(11)15/h4-7,17H,16H2,1-3H3. The van der Waals surface area contributed by atoms with E-state index in [1.165, 1.54) is 0 Å². The summed E-state index contributed by atoms with van der Waals surface area (Å²) in [6.07, 6.45) is 0. The number of nitrogens with zero attached hydrogens (tertiary/aromatic N) is 2. The summed E-state index contributed by atoms with van der Waals surface area (Å²) in [5, 5.41) is 8.52. The molecule has 0 amide bonds. The monoisotopic (exact) mass is 390 g/mol. The number of aryl methyl sites for hydroxylation is 1. The van der Waals surface area contributed by atoms with Crippen LogP contribution in [0.2, 0.25) is 5.02 Å². The molecule has 0 spiro atoms. The van der Waals surface area contributed by atoms with Crippen molar-refractivity contribution in [3.8, 4) is 0 Å². The lowest BCUT2D eigenvalue weighted by Gasteiger charge is -2.14. The lowest BCUT2D eigenvalue weighted by Crippen LogP contribution is -2.08. The summed E-state index contributed by atoms with van der Waals surface area (Å²) in [5.74, 6) is 0.827. The SMILES string of the molecule is Cc1nn(C(C)C)c(Nc2ccc(Cl)cc2I)c1N. The predicted octanol–water partition coefficient (Wildman–Crippen LogP) is 4.36. The van der Waals surface area contributed by atoms with E-state index < -0.39 is 0 Å². The maximum atomic E-state index is 6.09. The van der Waals surface area contributed by atoms with Crippen LogP contribution in [0.25, 0.3) is 0 Å². The number of aromatic nitrogens is 2. The number of rotatable bonds is 3. The molecule has 6 heteroatoms. The van der Waals surface area contributed by atoms with E-state index in [0.29, 0.717) is 5.69 Å². The highest BCUT2D eigenvalue weighted by atomic mass is 127. The van der Waals surface area contributed by atoms with Crippen molar-refractivity contribution >= 4 is 51.4 Å². The molecule has 0 bridgehead atoms. The molecule has 0 aliphatic carbocycles. The molecule has 0 fully saturated rings. The van der Waals surface area contributed by atoms with Gasteiger partial charge < -0.3 is 11.1 Å². The van der Waals surface area contributed by atoms with E-state index in [-0.39, 0.29) is 6.04 Å². The van der Waals surface area contributed by atoms with Gasteiger partial charge in [-0.15, -0.1) is 0 Å². The molecule has 0 unspecified atom stereocenters. The van der Waals surface area contributed by atoms with Gasteiger partial charge in [-0.05, 0) is 61.6 Å². The number of hydrogen-bond donors (Lipinski definition) is 2. The molecule has 0 saturated heterocycles. The van der Waals surface area contributed by atoms with Crippen LogP contribution in [0.15, 0.2) is 18.2 Å². The van der Waals surface area contributed by atoms with Gasteiger partial charge in [-0.3, -0.25) is 0 Å². The van der Waals surface area contributed by atoms with E-state index in [4.69, 9.17) is 17.3 Å². The summed E-state index contributed by atoms with van der Waals surface area (Å²) in [6, 6.07) is 5.94. The van der Waals surface area contributed by atoms with Crippen molar-refractivity contribution in [1.82, 2.24) is 9.78 Å². The van der Waals surface area contributed by atoms with E-state index in [1.807, 2.05) is 29.8 Å². The van der Waals surface area contributed by atoms with Crippen molar-refractivity contribution < 1.29 is 0 Å². The van der Waals surface area contributed by atoms with Gasteiger partial charge in [-0.1, -0.05) is 11.6 Å². The zero-order valence-electron chi connectivity index (χ0n) is 11.0. The minimum absolute atomic E-state index is 0.239. The van der Waals surface area contributed by atoms with Crippen molar-refractivity contribution in [2.24, 2.45) is 0 Å². The average molecular weight is 391 g/mol. The second kappa shape index (κ2) is 5.58. The van der Waals surface area contributed by atoms with Crippen LogP contribution >= 0.6 is 34.2 Å². The Bertz CT molecular complexity index is 607. The molecule has 3 N–H and O–H groups in total. The molecule has 1 aromatic carbocycles. The van der Waals surface area contributed by atoms with Crippen LogP contribution in [-0.4, -0.2) is 9.78 Å². The van der Waals surface area contributed by atoms with Gasteiger partial charge in [-0.2, -0.15) is 5.10 Å². The predicted molar refractivity (Wildman–Crippen MR) is 89.2 cm³/mol. The van der Waals surface area contributed by atoms with Crippen molar-refractivity contribution in [2.45, 2.75) is 26.8 Å². The Morgan fingerprint density at radius 1 is 1.42 bits per heavy atom. The second-order valence-corrected chi connectivity index (χ2v) is 6.23. The lowest BCUT2D eigenvalue weighted by molar-refractivity contribution is 0.536. The van der Waals surface area contributed by atoms with Gasteiger partial charge in [-0.25, -0.2) is 4.68 Å². The van der Waals surface area contributed by atoms with Crippen LogP contribution < -0.4 is 11.1 Å². The van der Waals surface area contributed by atoms with Crippen molar-refractivity contribution in [3.63, 3.8) is 0 Å². The Morgan fingerprint density at radius 2 is 2.11 bits per heavy atom. The third-order valence-electron chi connectivity index (χ3n) is 2.81. The van der Waals surface area contributed by atoms with Gasteiger partial charge in [0.1, 0.15) is 0 Å². The highest BCUT2D eigenvalue weighted by molar-refractivity contribution is 14.1. The van der Waals surface area contributed by atoms with Gasteiger partial charge in [0.15, 0.2) is 5.82 Å². The molecule has 4 nitrogen and oxygen atoms in total. The van der Waals surface area contributed by atoms with Crippen LogP contribution in [0.4, 0.5) is 17.2 Å². The smallest absolute Gasteiger partial charge is 0.152 e. The molecule has 0 radical (unpaired) electrons. The summed E-state index contributed by atoms with van der Waals surface area (Å²) in [4.78, 5) is 0. The van der Waals surface area contributed by atoms with Crippen LogP contribution in [0.5, 0.6) is 0 Å². The van der Waals surface area contributed by atoms with Crippen molar-refractivity contribution in [3.05, 3.63) is 32.5 Å². The Kier molecular flexibility index (Phi) is 4.25. The Morgan fingerprint density at radius 3 is 2.68 bits per heavy atom. The van der Waals surface area contributed by atoms with Gasteiger partial charge in [0.05, 0.1) is 17.1 Å². The maximum absolute atomic E-state index is 6.09. The van der Waals surface area contributed by atoms with Gasteiger partial charge in [0.2, 0.25) is 0 Å². The first-order chi connectivity index (χ1) is 8.90. The van der Waals surface area contributed by atoms with Crippen LogP contribution in [0.3, 0.4) is 0 Å². The lowest BCUT2D eigenvalue weighted by atomic mass is 10.3. The fraction of sp³-hybridized carbons (Fsp3) is 0.308. The average Bonchev–Trinajstić information content (AvgIpc) is 2.61. The Labute approximate surface area is 131 Å². The van der Waals surface area contributed by atoms with Crippen molar-refractivity contribution in [1.29, 1.82) is 0 Å².